The number of carbonyl (C=O) groups is 1. The third-order valence-electron chi connectivity index (χ3n) is 4.48. The first-order chi connectivity index (χ1) is 11.0. The van der Waals surface area contributed by atoms with Crippen molar-refractivity contribution in [2.75, 3.05) is 40.0 Å². The molecule has 1 aromatic carbocycles. The lowest BCUT2D eigenvalue weighted by Gasteiger charge is -2.37. The van der Waals surface area contributed by atoms with Crippen LogP contribution < -0.4 is 15.4 Å². The van der Waals surface area contributed by atoms with Crippen LogP contribution in [0.15, 0.2) is 18.2 Å². The van der Waals surface area contributed by atoms with Crippen molar-refractivity contribution in [3.8, 4) is 5.75 Å². The number of hydrogen-bond acceptors (Lipinski definition) is 4. The second-order valence-corrected chi connectivity index (χ2v) is 6.52. The Hall–Kier alpha value is -1.30. The van der Waals surface area contributed by atoms with Crippen LogP contribution in [0.2, 0.25) is 0 Å². The molecule has 6 heteroatoms. The Bertz CT molecular complexity index is 525. The third-order valence-corrected chi connectivity index (χ3v) is 4.48. The topological polar surface area (TPSA) is 59.6 Å². The van der Waals surface area contributed by atoms with Gasteiger partial charge in [-0.2, -0.15) is 0 Å². The van der Waals surface area contributed by atoms with Gasteiger partial charge in [-0.15, -0.1) is 12.4 Å². The molecule has 0 radical (unpaired) electrons. The molecule has 1 amide bonds. The van der Waals surface area contributed by atoms with Crippen molar-refractivity contribution in [2.24, 2.45) is 5.41 Å². The lowest BCUT2D eigenvalue weighted by atomic mass is 9.79. The first kappa shape index (κ1) is 20.7. The van der Waals surface area contributed by atoms with Gasteiger partial charge in [0.15, 0.2) is 6.61 Å². The van der Waals surface area contributed by atoms with Gasteiger partial charge in [0.1, 0.15) is 5.75 Å². The number of piperidine rings is 1. The number of halogens is 1. The lowest BCUT2D eigenvalue weighted by molar-refractivity contribution is -0.124. The highest BCUT2D eigenvalue weighted by Crippen LogP contribution is 2.28. The zero-order valence-electron chi connectivity index (χ0n) is 14.8. The number of hydrogen-bond donors (Lipinski definition) is 2. The van der Waals surface area contributed by atoms with Gasteiger partial charge >= 0.3 is 0 Å². The number of rotatable bonds is 7. The summed E-state index contributed by atoms with van der Waals surface area (Å²) in [7, 11) is 1.72. The van der Waals surface area contributed by atoms with Gasteiger partial charge in [-0.25, -0.2) is 0 Å². The van der Waals surface area contributed by atoms with E-state index in [2.05, 4.69) is 10.6 Å². The van der Waals surface area contributed by atoms with E-state index >= 15 is 0 Å². The van der Waals surface area contributed by atoms with Crippen molar-refractivity contribution in [1.29, 1.82) is 0 Å². The van der Waals surface area contributed by atoms with Gasteiger partial charge < -0.3 is 20.1 Å². The molecule has 1 fully saturated rings. The standard InChI is InChI=1S/C18H28N2O3.ClH/c1-14-4-5-15(2)16(10-14)23-11-17(21)20-12-18(13-22-3)6-8-19-9-7-18;/h4-5,10,19H,6-9,11-13H2,1-3H3,(H,20,21);1H. The van der Waals surface area contributed by atoms with Crippen LogP contribution in [-0.2, 0) is 9.53 Å². The molecule has 2 rings (SSSR count). The molecular weight excluding hydrogens is 328 g/mol. The van der Waals surface area contributed by atoms with E-state index in [0.29, 0.717) is 13.2 Å². The Kier molecular flexibility index (Phi) is 8.53. The van der Waals surface area contributed by atoms with Crippen LogP contribution >= 0.6 is 12.4 Å². The highest BCUT2D eigenvalue weighted by Gasteiger charge is 2.32. The smallest absolute Gasteiger partial charge is 0.257 e. The molecule has 1 aliphatic heterocycles. The van der Waals surface area contributed by atoms with Gasteiger partial charge in [-0.3, -0.25) is 4.79 Å². The zero-order chi connectivity index (χ0) is 16.7. The summed E-state index contributed by atoms with van der Waals surface area (Å²) < 4.78 is 11.0. The quantitative estimate of drug-likeness (QED) is 0.786. The largest absolute Gasteiger partial charge is 0.483 e. The molecule has 1 heterocycles. The lowest BCUT2D eigenvalue weighted by Crippen LogP contribution is -2.47. The molecule has 2 N–H and O–H groups in total. The van der Waals surface area contributed by atoms with Crippen LogP contribution in [-0.4, -0.2) is 45.9 Å². The molecule has 0 atom stereocenters. The fraction of sp³-hybridized carbons (Fsp3) is 0.611. The molecule has 136 valence electrons. The highest BCUT2D eigenvalue weighted by atomic mass is 35.5. The average Bonchev–Trinajstić information content (AvgIpc) is 2.55. The number of nitrogens with one attached hydrogen (secondary N) is 2. The Labute approximate surface area is 150 Å². The van der Waals surface area contributed by atoms with E-state index < -0.39 is 0 Å². The van der Waals surface area contributed by atoms with Crippen LogP contribution in [0, 0.1) is 19.3 Å². The normalized spacial score (nSPS) is 16.1. The van der Waals surface area contributed by atoms with E-state index in [1.165, 1.54) is 0 Å². The summed E-state index contributed by atoms with van der Waals surface area (Å²) in [6, 6.07) is 6.00. The predicted molar refractivity (Wildman–Crippen MR) is 98.1 cm³/mol. The maximum absolute atomic E-state index is 12.1. The molecule has 0 aliphatic carbocycles. The Morgan fingerprint density at radius 2 is 2.00 bits per heavy atom. The van der Waals surface area contributed by atoms with Crippen LogP contribution in [0.5, 0.6) is 5.75 Å². The monoisotopic (exact) mass is 356 g/mol. The van der Waals surface area contributed by atoms with E-state index in [1.807, 2.05) is 32.0 Å². The van der Waals surface area contributed by atoms with Gasteiger partial charge in [0.05, 0.1) is 6.61 Å². The number of methoxy groups -OCH3 is 1. The van der Waals surface area contributed by atoms with Gasteiger partial charge in [-0.05, 0) is 57.0 Å². The van der Waals surface area contributed by atoms with E-state index in [-0.39, 0.29) is 30.3 Å². The van der Waals surface area contributed by atoms with Crippen molar-refractivity contribution in [1.82, 2.24) is 10.6 Å². The Morgan fingerprint density at radius 3 is 2.67 bits per heavy atom. The minimum Gasteiger partial charge on any atom is -0.483 e. The SMILES string of the molecule is COCC1(CNC(=O)COc2cc(C)ccc2C)CCNCC1.Cl. The van der Waals surface area contributed by atoms with Crippen LogP contribution in [0.4, 0.5) is 0 Å². The Morgan fingerprint density at radius 1 is 1.29 bits per heavy atom. The van der Waals surface area contributed by atoms with Crippen LogP contribution in [0.3, 0.4) is 0 Å². The molecule has 5 nitrogen and oxygen atoms in total. The maximum atomic E-state index is 12.1. The third kappa shape index (κ3) is 5.96. The van der Waals surface area contributed by atoms with Gasteiger partial charge in [0.25, 0.3) is 5.91 Å². The summed E-state index contributed by atoms with van der Waals surface area (Å²) >= 11 is 0. The fourth-order valence-electron chi connectivity index (χ4n) is 2.98. The first-order valence-corrected chi connectivity index (χ1v) is 8.21. The second-order valence-electron chi connectivity index (χ2n) is 6.52. The first-order valence-electron chi connectivity index (χ1n) is 8.21. The van der Waals surface area contributed by atoms with Crippen molar-refractivity contribution in [2.45, 2.75) is 26.7 Å². The van der Waals surface area contributed by atoms with Gasteiger partial charge in [0, 0.05) is 19.1 Å². The van der Waals surface area contributed by atoms with Crippen LogP contribution in [0.25, 0.3) is 0 Å². The molecule has 0 saturated carbocycles. The summed E-state index contributed by atoms with van der Waals surface area (Å²) in [6.45, 7) is 7.29. The van der Waals surface area contributed by atoms with Crippen LogP contribution in [0.1, 0.15) is 24.0 Å². The highest BCUT2D eigenvalue weighted by molar-refractivity contribution is 5.85. The fourth-order valence-corrected chi connectivity index (χ4v) is 2.98. The van der Waals surface area contributed by atoms with Crippen molar-refractivity contribution >= 4 is 18.3 Å². The maximum Gasteiger partial charge on any atom is 0.257 e. The van der Waals surface area contributed by atoms with E-state index in [1.54, 1.807) is 7.11 Å². The van der Waals surface area contributed by atoms with E-state index in [0.717, 1.165) is 42.8 Å². The van der Waals surface area contributed by atoms with Gasteiger partial charge in [-0.1, -0.05) is 12.1 Å². The molecule has 0 bridgehead atoms. The van der Waals surface area contributed by atoms with Crippen molar-refractivity contribution in [3.63, 3.8) is 0 Å². The molecule has 1 saturated heterocycles. The summed E-state index contributed by atoms with van der Waals surface area (Å²) in [4.78, 5) is 12.1. The summed E-state index contributed by atoms with van der Waals surface area (Å²) in [5.41, 5.74) is 2.20. The molecule has 0 spiro atoms. The van der Waals surface area contributed by atoms with E-state index in [9.17, 15) is 4.79 Å². The minimum atomic E-state index is -0.0834. The number of amides is 1. The average molecular weight is 357 g/mol. The molecule has 0 unspecified atom stereocenters. The molecule has 1 aromatic rings. The molecule has 24 heavy (non-hydrogen) atoms. The summed E-state index contributed by atoms with van der Waals surface area (Å²) in [5.74, 6) is 0.688. The predicted octanol–water partition coefficient (Wildman–Crippen LogP) is 2.24. The van der Waals surface area contributed by atoms with Gasteiger partial charge in [0.2, 0.25) is 0 Å². The number of ether oxygens (including phenoxy) is 2. The molecule has 1 aliphatic rings. The number of carbonyl (C=O) groups excluding carboxylic acids is 1. The zero-order valence-corrected chi connectivity index (χ0v) is 15.6. The number of aryl methyl sites for hydroxylation is 2. The molecular formula is C18H29ClN2O3. The van der Waals surface area contributed by atoms with Crippen molar-refractivity contribution < 1.29 is 14.3 Å². The minimum absolute atomic E-state index is 0. The van der Waals surface area contributed by atoms with E-state index in [4.69, 9.17) is 9.47 Å². The Balaban J connectivity index is 0.00000288. The second kappa shape index (κ2) is 9.87. The molecule has 0 aromatic heterocycles. The van der Waals surface area contributed by atoms with Crippen molar-refractivity contribution in [3.05, 3.63) is 29.3 Å². The summed E-state index contributed by atoms with van der Waals surface area (Å²) in [5, 5.41) is 6.36. The number of benzene rings is 1. The summed E-state index contributed by atoms with van der Waals surface area (Å²) in [6.07, 6.45) is 2.03.